The summed E-state index contributed by atoms with van der Waals surface area (Å²) in [4.78, 5) is 14.4. The third kappa shape index (κ3) is 2.96. The fourth-order valence-electron chi connectivity index (χ4n) is 2.18. The molecule has 0 bridgehead atoms. The molecule has 0 aliphatic carbocycles. The number of hydrogen-bond donors (Lipinski definition) is 1. The van der Waals surface area contributed by atoms with E-state index in [2.05, 4.69) is 6.92 Å². The van der Waals surface area contributed by atoms with Crippen molar-refractivity contribution in [2.75, 3.05) is 19.6 Å². The molecule has 0 radical (unpaired) electrons. The molecule has 2 rings (SSSR count). The fraction of sp³-hybridized carbons (Fsp3) is 0.400. The first-order valence-corrected chi connectivity index (χ1v) is 6.73. The van der Waals surface area contributed by atoms with Crippen LogP contribution < -0.4 is 5.73 Å². The largest absolute Gasteiger partial charge is 0.463 e. The number of para-hydroxylation sites is 1. The van der Waals surface area contributed by atoms with Crippen LogP contribution in [0.25, 0.3) is 11.0 Å². The highest BCUT2D eigenvalue weighted by molar-refractivity contribution is 6.05. The number of rotatable bonds is 6. The zero-order chi connectivity index (χ0) is 13.7. The third-order valence-corrected chi connectivity index (χ3v) is 3.12. The monoisotopic (exact) mass is 260 g/mol. The van der Waals surface area contributed by atoms with E-state index in [0.29, 0.717) is 18.7 Å². The van der Waals surface area contributed by atoms with Crippen molar-refractivity contribution < 1.29 is 9.21 Å². The number of benzene rings is 1. The molecular formula is C15H20N2O2. The van der Waals surface area contributed by atoms with Crippen molar-refractivity contribution in [1.82, 2.24) is 4.90 Å². The highest BCUT2D eigenvalue weighted by Crippen LogP contribution is 2.22. The Bertz CT molecular complexity index is 548. The number of amides is 1. The lowest BCUT2D eigenvalue weighted by Gasteiger charge is -2.21. The molecule has 0 aliphatic heterocycles. The van der Waals surface area contributed by atoms with Gasteiger partial charge in [0.05, 0.1) is 5.56 Å². The second kappa shape index (κ2) is 6.38. The van der Waals surface area contributed by atoms with E-state index in [1.165, 1.54) is 0 Å². The van der Waals surface area contributed by atoms with E-state index in [4.69, 9.17) is 10.2 Å². The van der Waals surface area contributed by atoms with Gasteiger partial charge in [0.25, 0.3) is 5.91 Å². The van der Waals surface area contributed by atoms with Crippen molar-refractivity contribution >= 4 is 16.9 Å². The Hall–Kier alpha value is -1.81. The third-order valence-electron chi connectivity index (χ3n) is 3.12. The zero-order valence-corrected chi connectivity index (χ0v) is 11.3. The van der Waals surface area contributed by atoms with Gasteiger partial charge in [0.2, 0.25) is 0 Å². The highest BCUT2D eigenvalue weighted by atomic mass is 16.3. The molecule has 1 amide bonds. The van der Waals surface area contributed by atoms with Gasteiger partial charge in [0.1, 0.15) is 11.8 Å². The molecule has 1 aromatic heterocycles. The molecule has 0 saturated heterocycles. The summed E-state index contributed by atoms with van der Waals surface area (Å²) in [6.07, 6.45) is 3.31. The van der Waals surface area contributed by atoms with Gasteiger partial charge in [-0.3, -0.25) is 4.79 Å². The topological polar surface area (TPSA) is 59.5 Å². The van der Waals surface area contributed by atoms with E-state index >= 15 is 0 Å². The molecule has 0 atom stereocenters. The number of carbonyl (C=O) groups is 1. The molecule has 19 heavy (non-hydrogen) atoms. The maximum Gasteiger partial charge on any atom is 0.257 e. The first kappa shape index (κ1) is 13.6. The minimum Gasteiger partial charge on any atom is -0.463 e. The van der Waals surface area contributed by atoms with E-state index < -0.39 is 0 Å². The molecule has 0 saturated carbocycles. The van der Waals surface area contributed by atoms with Gasteiger partial charge in [-0.05, 0) is 25.5 Å². The van der Waals surface area contributed by atoms with Crippen LogP contribution in [0.15, 0.2) is 34.9 Å². The lowest BCUT2D eigenvalue weighted by Crippen LogP contribution is -2.33. The summed E-state index contributed by atoms with van der Waals surface area (Å²) < 4.78 is 5.43. The quantitative estimate of drug-likeness (QED) is 0.868. The van der Waals surface area contributed by atoms with Crippen LogP contribution in [-0.4, -0.2) is 30.4 Å². The molecule has 0 spiro atoms. The zero-order valence-electron chi connectivity index (χ0n) is 11.3. The van der Waals surface area contributed by atoms with Gasteiger partial charge in [0.15, 0.2) is 0 Å². The second-order valence-electron chi connectivity index (χ2n) is 4.58. The van der Waals surface area contributed by atoms with Crippen molar-refractivity contribution in [3.63, 3.8) is 0 Å². The molecular weight excluding hydrogens is 240 g/mol. The molecule has 4 nitrogen and oxygen atoms in total. The minimum atomic E-state index is 0.0280. The average molecular weight is 260 g/mol. The molecule has 102 valence electrons. The van der Waals surface area contributed by atoms with Gasteiger partial charge in [-0.1, -0.05) is 25.1 Å². The number of hydrogen-bond acceptors (Lipinski definition) is 3. The van der Waals surface area contributed by atoms with Gasteiger partial charge in [-0.2, -0.15) is 0 Å². The van der Waals surface area contributed by atoms with Gasteiger partial charge >= 0.3 is 0 Å². The smallest absolute Gasteiger partial charge is 0.257 e. The van der Waals surface area contributed by atoms with Crippen molar-refractivity contribution in [1.29, 1.82) is 0 Å². The minimum absolute atomic E-state index is 0.0280. The van der Waals surface area contributed by atoms with E-state index in [1.54, 1.807) is 6.26 Å². The Labute approximate surface area is 113 Å². The van der Waals surface area contributed by atoms with Crippen LogP contribution in [0, 0.1) is 0 Å². The van der Waals surface area contributed by atoms with Crippen LogP contribution in [0.5, 0.6) is 0 Å². The Morgan fingerprint density at radius 1 is 1.32 bits per heavy atom. The molecule has 1 heterocycles. The maximum atomic E-state index is 12.5. The molecule has 2 aromatic rings. The Balaban J connectivity index is 2.25. The maximum absolute atomic E-state index is 12.5. The Morgan fingerprint density at radius 3 is 2.84 bits per heavy atom. The van der Waals surface area contributed by atoms with Crippen LogP contribution in [0.3, 0.4) is 0 Å². The van der Waals surface area contributed by atoms with Crippen LogP contribution in [-0.2, 0) is 0 Å². The van der Waals surface area contributed by atoms with Crippen LogP contribution in [0.1, 0.15) is 30.1 Å². The van der Waals surface area contributed by atoms with Gasteiger partial charge in [-0.15, -0.1) is 0 Å². The van der Waals surface area contributed by atoms with Crippen molar-refractivity contribution in [3.05, 3.63) is 36.1 Å². The number of furan rings is 1. The first-order chi connectivity index (χ1) is 9.27. The lowest BCUT2D eigenvalue weighted by atomic mass is 10.1. The predicted octanol–water partition coefficient (Wildman–Crippen LogP) is 2.63. The highest BCUT2D eigenvalue weighted by Gasteiger charge is 2.19. The Morgan fingerprint density at radius 2 is 2.11 bits per heavy atom. The normalized spacial score (nSPS) is 10.8. The molecule has 4 heteroatoms. The van der Waals surface area contributed by atoms with E-state index in [-0.39, 0.29) is 5.91 Å². The summed E-state index contributed by atoms with van der Waals surface area (Å²) >= 11 is 0. The van der Waals surface area contributed by atoms with E-state index in [9.17, 15) is 4.79 Å². The average Bonchev–Trinajstić information content (AvgIpc) is 2.86. The summed E-state index contributed by atoms with van der Waals surface area (Å²) in [5, 5.41) is 0.876. The lowest BCUT2D eigenvalue weighted by molar-refractivity contribution is 0.0755. The summed E-state index contributed by atoms with van der Waals surface area (Å²) in [6, 6.07) is 7.60. The van der Waals surface area contributed by atoms with Crippen LogP contribution in [0.4, 0.5) is 0 Å². The Kier molecular flexibility index (Phi) is 4.58. The SMILES string of the molecule is CCCN(CCCN)C(=O)c1coc2ccccc12. The first-order valence-electron chi connectivity index (χ1n) is 6.73. The number of nitrogens with two attached hydrogens (primary N) is 1. The second-order valence-corrected chi connectivity index (χ2v) is 4.58. The van der Waals surface area contributed by atoms with Crippen molar-refractivity contribution in [2.45, 2.75) is 19.8 Å². The number of carbonyl (C=O) groups excluding carboxylic acids is 1. The fourth-order valence-corrected chi connectivity index (χ4v) is 2.18. The molecule has 0 unspecified atom stereocenters. The van der Waals surface area contributed by atoms with Crippen LogP contribution >= 0.6 is 0 Å². The molecule has 1 aromatic carbocycles. The van der Waals surface area contributed by atoms with Gasteiger partial charge < -0.3 is 15.1 Å². The summed E-state index contributed by atoms with van der Waals surface area (Å²) in [7, 11) is 0. The molecule has 0 fully saturated rings. The summed E-state index contributed by atoms with van der Waals surface area (Å²) in [5.74, 6) is 0.0280. The van der Waals surface area contributed by atoms with Gasteiger partial charge in [0, 0.05) is 18.5 Å². The van der Waals surface area contributed by atoms with E-state index in [1.807, 2.05) is 29.2 Å². The number of nitrogens with zero attached hydrogens (tertiary/aromatic N) is 1. The predicted molar refractivity (Wildman–Crippen MR) is 76.1 cm³/mol. The summed E-state index contributed by atoms with van der Waals surface area (Å²) in [5.41, 5.74) is 6.92. The van der Waals surface area contributed by atoms with E-state index in [0.717, 1.165) is 30.4 Å². The van der Waals surface area contributed by atoms with Crippen LogP contribution in [0.2, 0.25) is 0 Å². The summed E-state index contributed by atoms with van der Waals surface area (Å²) in [6.45, 7) is 4.11. The molecule has 2 N–H and O–H groups in total. The molecule has 0 aliphatic rings. The van der Waals surface area contributed by atoms with Crippen molar-refractivity contribution in [3.8, 4) is 0 Å². The standard InChI is InChI=1S/C15H20N2O2/c1-2-9-17(10-5-8-16)15(18)13-11-19-14-7-4-3-6-12(13)14/h3-4,6-7,11H,2,5,8-10,16H2,1H3. The number of fused-ring (bicyclic) bond motifs is 1. The van der Waals surface area contributed by atoms with Gasteiger partial charge in [-0.25, -0.2) is 0 Å². The van der Waals surface area contributed by atoms with Crippen molar-refractivity contribution in [2.24, 2.45) is 5.73 Å².